The smallest absolute Gasteiger partial charge is 0.405 e. The highest BCUT2D eigenvalue weighted by Crippen LogP contribution is 2.17. The normalized spacial score (nSPS) is 11.4. The summed E-state index contributed by atoms with van der Waals surface area (Å²) in [6, 6.07) is 0. The molecule has 0 heterocycles. The minimum Gasteiger partial charge on any atom is -0.444 e. The molecule has 0 saturated heterocycles. The molecule has 16 heavy (non-hydrogen) atoms. The van der Waals surface area contributed by atoms with Crippen LogP contribution in [0.15, 0.2) is 0 Å². The summed E-state index contributed by atoms with van der Waals surface area (Å²) >= 11 is 0. The first-order valence-electron chi connectivity index (χ1n) is 5.87. The second-order valence-electron chi connectivity index (χ2n) is 4.53. The number of carbonyl (C=O) groups is 1. The highest BCUT2D eigenvalue weighted by Gasteiger charge is 2.20. The zero-order valence-corrected chi connectivity index (χ0v) is 10.4. The van der Waals surface area contributed by atoms with Crippen molar-refractivity contribution in [2.24, 2.45) is 11.5 Å². The minimum atomic E-state index is -0.703. The fourth-order valence-corrected chi connectivity index (χ4v) is 1.48. The second kappa shape index (κ2) is 8.35. The minimum absolute atomic E-state index is 0.455. The Kier molecular flexibility index (Phi) is 7.93. The first-order chi connectivity index (χ1) is 7.48. The van der Waals surface area contributed by atoms with Crippen LogP contribution in [0.4, 0.5) is 4.79 Å². The summed E-state index contributed by atoms with van der Waals surface area (Å²) in [6.07, 6.45) is 3.21. The van der Waals surface area contributed by atoms with Crippen molar-refractivity contribution in [1.29, 1.82) is 0 Å². The quantitative estimate of drug-likeness (QED) is 0.516. The van der Waals surface area contributed by atoms with E-state index >= 15 is 0 Å². The van der Waals surface area contributed by atoms with Gasteiger partial charge < -0.3 is 21.5 Å². The number of hydrogen-bond donors (Lipinski definition) is 3. The van der Waals surface area contributed by atoms with Crippen LogP contribution in [0.5, 0.6) is 0 Å². The zero-order valence-electron chi connectivity index (χ0n) is 10.4. The molecule has 0 aromatic heterocycles. The van der Waals surface area contributed by atoms with E-state index in [0.717, 1.165) is 45.3 Å². The van der Waals surface area contributed by atoms with Gasteiger partial charge in [0.2, 0.25) is 0 Å². The highest BCUT2D eigenvalue weighted by molar-refractivity contribution is 5.65. The molecule has 0 rings (SSSR count). The topological polar surface area (TPSA) is 90.4 Å². The van der Waals surface area contributed by atoms with Gasteiger partial charge in [0.15, 0.2) is 0 Å². The third-order valence-electron chi connectivity index (χ3n) is 2.32. The second-order valence-corrected chi connectivity index (χ2v) is 4.53. The van der Waals surface area contributed by atoms with Crippen molar-refractivity contribution < 1.29 is 9.53 Å². The van der Waals surface area contributed by atoms with E-state index in [4.69, 9.17) is 16.2 Å². The monoisotopic (exact) mass is 231 g/mol. The first-order valence-corrected chi connectivity index (χ1v) is 5.87. The summed E-state index contributed by atoms with van der Waals surface area (Å²) in [6.45, 7) is 6.43. The maximum atomic E-state index is 10.6. The van der Waals surface area contributed by atoms with Gasteiger partial charge in [0.25, 0.3) is 0 Å². The van der Waals surface area contributed by atoms with E-state index in [0.29, 0.717) is 0 Å². The molecule has 5 heteroatoms. The summed E-state index contributed by atoms with van der Waals surface area (Å²) in [5, 5.41) is 3.30. The molecule has 0 aromatic carbocycles. The van der Waals surface area contributed by atoms with Crippen LogP contribution in [0.1, 0.15) is 39.5 Å². The van der Waals surface area contributed by atoms with Gasteiger partial charge in [0.1, 0.15) is 5.60 Å². The molecule has 0 spiro atoms. The Labute approximate surface area is 97.9 Å². The molecule has 5 N–H and O–H groups in total. The van der Waals surface area contributed by atoms with E-state index in [1.54, 1.807) is 0 Å². The van der Waals surface area contributed by atoms with Crippen molar-refractivity contribution in [2.45, 2.75) is 45.1 Å². The molecule has 0 radical (unpaired) electrons. The first kappa shape index (κ1) is 15.2. The molecule has 0 aromatic rings. The molecular weight excluding hydrogens is 206 g/mol. The van der Waals surface area contributed by atoms with E-state index in [9.17, 15) is 4.79 Å². The van der Waals surface area contributed by atoms with E-state index in [1.807, 2.05) is 13.8 Å². The Morgan fingerprint density at radius 3 is 2.44 bits per heavy atom. The number of unbranched alkanes of at least 4 members (excludes halogenated alkanes) is 1. The fraction of sp³-hybridized carbons (Fsp3) is 0.909. The average Bonchev–Trinajstić information content (AvgIpc) is 2.14. The maximum absolute atomic E-state index is 10.6. The van der Waals surface area contributed by atoms with Gasteiger partial charge >= 0.3 is 6.09 Å². The molecule has 0 aliphatic rings. The SMILES string of the molecule is CC(C)(CCCCNCCCN)OC(N)=O. The lowest BCUT2D eigenvalue weighted by atomic mass is 10.0. The third-order valence-corrected chi connectivity index (χ3v) is 2.32. The van der Waals surface area contributed by atoms with Crippen molar-refractivity contribution in [3.63, 3.8) is 0 Å². The highest BCUT2D eigenvalue weighted by atomic mass is 16.6. The van der Waals surface area contributed by atoms with Gasteiger partial charge in [0, 0.05) is 0 Å². The summed E-state index contributed by atoms with van der Waals surface area (Å²) in [4.78, 5) is 10.6. The van der Waals surface area contributed by atoms with Crippen LogP contribution >= 0.6 is 0 Å². The van der Waals surface area contributed by atoms with E-state index < -0.39 is 11.7 Å². The number of primary amides is 1. The van der Waals surface area contributed by atoms with Gasteiger partial charge in [-0.2, -0.15) is 0 Å². The molecule has 0 atom stereocenters. The third kappa shape index (κ3) is 9.73. The zero-order chi connectivity index (χ0) is 12.4. The number of amides is 1. The molecular formula is C11H25N3O2. The number of rotatable bonds is 9. The molecule has 0 aliphatic carbocycles. The van der Waals surface area contributed by atoms with E-state index in [1.165, 1.54) is 0 Å². The summed E-state index contributed by atoms with van der Waals surface area (Å²) in [5.41, 5.74) is 9.90. The Hall–Kier alpha value is -0.810. The number of carbonyl (C=O) groups excluding carboxylic acids is 1. The van der Waals surface area contributed by atoms with Gasteiger partial charge in [-0.1, -0.05) is 0 Å². The molecule has 96 valence electrons. The standard InChI is InChI=1S/C11H25N3O2/c1-11(2,16-10(13)15)6-3-4-8-14-9-5-7-12/h14H,3-9,12H2,1-2H3,(H2,13,15). The van der Waals surface area contributed by atoms with Crippen molar-refractivity contribution >= 4 is 6.09 Å². The van der Waals surface area contributed by atoms with Crippen LogP contribution in [0.25, 0.3) is 0 Å². The van der Waals surface area contributed by atoms with Crippen LogP contribution < -0.4 is 16.8 Å². The lowest BCUT2D eigenvalue weighted by molar-refractivity contribution is 0.0373. The predicted octanol–water partition coefficient (Wildman–Crippen LogP) is 0.969. The molecule has 0 fully saturated rings. The molecule has 0 saturated carbocycles. The Morgan fingerprint density at radius 2 is 1.88 bits per heavy atom. The maximum Gasteiger partial charge on any atom is 0.405 e. The lowest BCUT2D eigenvalue weighted by Crippen LogP contribution is -2.31. The summed E-state index contributed by atoms with van der Waals surface area (Å²) in [5.74, 6) is 0. The van der Waals surface area contributed by atoms with Crippen molar-refractivity contribution in [3.05, 3.63) is 0 Å². The average molecular weight is 231 g/mol. The van der Waals surface area contributed by atoms with Crippen LogP contribution in [-0.4, -0.2) is 31.3 Å². The predicted molar refractivity (Wildman–Crippen MR) is 65.1 cm³/mol. The van der Waals surface area contributed by atoms with Crippen molar-refractivity contribution in [2.75, 3.05) is 19.6 Å². The largest absolute Gasteiger partial charge is 0.444 e. The lowest BCUT2D eigenvalue weighted by Gasteiger charge is -2.23. The Morgan fingerprint density at radius 1 is 1.25 bits per heavy atom. The number of ether oxygens (including phenoxy) is 1. The number of hydrogen-bond acceptors (Lipinski definition) is 4. The van der Waals surface area contributed by atoms with E-state index in [-0.39, 0.29) is 0 Å². The molecule has 5 nitrogen and oxygen atoms in total. The molecule has 0 aliphatic heterocycles. The van der Waals surface area contributed by atoms with Gasteiger partial charge in [-0.3, -0.25) is 0 Å². The van der Waals surface area contributed by atoms with Gasteiger partial charge in [-0.05, 0) is 59.2 Å². The van der Waals surface area contributed by atoms with Gasteiger partial charge in [-0.15, -0.1) is 0 Å². The summed E-state index contributed by atoms with van der Waals surface area (Å²) < 4.78 is 4.98. The van der Waals surface area contributed by atoms with Crippen LogP contribution in [0.3, 0.4) is 0 Å². The molecule has 0 bridgehead atoms. The number of nitrogens with two attached hydrogens (primary N) is 2. The van der Waals surface area contributed by atoms with Crippen molar-refractivity contribution in [1.82, 2.24) is 5.32 Å². The van der Waals surface area contributed by atoms with E-state index in [2.05, 4.69) is 5.32 Å². The summed E-state index contributed by atoms with van der Waals surface area (Å²) in [7, 11) is 0. The van der Waals surface area contributed by atoms with Gasteiger partial charge in [-0.25, -0.2) is 4.79 Å². The molecule has 0 unspecified atom stereocenters. The number of nitrogens with one attached hydrogen (secondary N) is 1. The fourth-order valence-electron chi connectivity index (χ4n) is 1.48. The van der Waals surface area contributed by atoms with Crippen LogP contribution in [-0.2, 0) is 4.74 Å². The van der Waals surface area contributed by atoms with Gasteiger partial charge in [0.05, 0.1) is 0 Å². The van der Waals surface area contributed by atoms with Crippen molar-refractivity contribution in [3.8, 4) is 0 Å². The Bertz CT molecular complexity index is 196. The van der Waals surface area contributed by atoms with Crippen LogP contribution in [0, 0.1) is 0 Å². The molecule has 1 amide bonds. The Balaban J connectivity index is 3.39. The van der Waals surface area contributed by atoms with Crippen LogP contribution in [0.2, 0.25) is 0 Å².